The van der Waals surface area contributed by atoms with E-state index < -0.39 is 11.1 Å². The van der Waals surface area contributed by atoms with Crippen LogP contribution in [0.2, 0.25) is 0 Å². The van der Waals surface area contributed by atoms with Crippen molar-refractivity contribution < 1.29 is 38.3 Å². The Kier molecular flexibility index (Phi) is 6.34. The molecule has 1 atom stereocenters. The molecular weight excluding hydrogens is 221 g/mol. The molecule has 1 aromatic carbocycles. The molecule has 0 spiro atoms. The molecule has 74 valence electrons. The smallest absolute Gasteiger partial charge is 0.772 e. The van der Waals surface area contributed by atoms with E-state index in [-0.39, 0.29) is 35.3 Å². The molecule has 1 aromatic rings. The van der Waals surface area contributed by atoms with Crippen molar-refractivity contribution in [2.75, 3.05) is 0 Å². The molecule has 0 saturated carbocycles. The zero-order valence-corrected chi connectivity index (χ0v) is 11.9. The summed E-state index contributed by atoms with van der Waals surface area (Å²) in [5.74, 6) is 0.0172. The van der Waals surface area contributed by atoms with Gasteiger partial charge in [-0.1, -0.05) is 11.1 Å². The molecule has 0 saturated heterocycles. The Bertz CT molecular complexity index is 403. The van der Waals surface area contributed by atoms with E-state index in [0.29, 0.717) is 5.56 Å². The van der Waals surface area contributed by atoms with Gasteiger partial charge in [-0.3, -0.25) is 4.21 Å². The number of nitriles is 1. The molecule has 0 fully saturated rings. The first kappa shape index (κ1) is 14.8. The van der Waals surface area contributed by atoms with Gasteiger partial charge < -0.3 is 4.55 Å². The number of hydrogen-bond acceptors (Lipinski definition) is 3. The fourth-order valence-electron chi connectivity index (χ4n) is 1.40. The van der Waals surface area contributed by atoms with Crippen molar-refractivity contribution in [2.45, 2.75) is 19.6 Å². The van der Waals surface area contributed by atoms with Gasteiger partial charge in [-0.15, -0.1) is 0 Å². The second-order valence-corrected chi connectivity index (χ2v) is 4.04. The van der Waals surface area contributed by atoms with Crippen LogP contribution in [0.5, 0.6) is 0 Å². The van der Waals surface area contributed by atoms with Crippen LogP contribution < -0.4 is 29.6 Å². The van der Waals surface area contributed by atoms with Crippen molar-refractivity contribution >= 4 is 11.1 Å². The standard InChI is InChI=1S/C10H11NO2S.Na/c1-7-3-9(5-11)4-8(2)10(7)6-14(12)13;/h3-4H,6H2,1-2H3,(H,12,13);/q;+1/p-1. The van der Waals surface area contributed by atoms with E-state index in [9.17, 15) is 8.76 Å². The molecule has 0 N–H and O–H groups in total. The normalized spacial score (nSPS) is 11.3. The van der Waals surface area contributed by atoms with Crippen LogP contribution in [-0.4, -0.2) is 8.76 Å². The van der Waals surface area contributed by atoms with Gasteiger partial charge in [0, 0.05) is 5.75 Å². The van der Waals surface area contributed by atoms with Crippen molar-refractivity contribution in [3.05, 3.63) is 34.4 Å². The second kappa shape index (κ2) is 6.41. The monoisotopic (exact) mass is 231 g/mol. The molecular formula is C10H10NNaO2S. The number of rotatable bonds is 2. The first-order chi connectivity index (χ1) is 6.54. The number of hydrogen-bond donors (Lipinski definition) is 0. The minimum absolute atomic E-state index is 0. The molecule has 0 aliphatic carbocycles. The minimum atomic E-state index is -2.08. The van der Waals surface area contributed by atoms with Crippen LogP contribution in [0.25, 0.3) is 0 Å². The second-order valence-electron chi connectivity index (χ2n) is 3.15. The molecule has 0 bridgehead atoms. The number of benzene rings is 1. The first-order valence-electron chi connectivity index (χ1n) is 4.10. The molecule has 0 amide bonds. The molecule has 0 radical (unpaired) electrons. The van der Waals surface area contributed by atoms with E-state index in [2.05, 4.69) is 0 Å². The van der Waals surface area contributed by atoms with Crippen molar-refractivity contribution in [2.24, 2.45) is 0 Å². The number of nitrogens with zero attached hydrogens (tertiary/aromatic N) is 1. The van der Waals surface area contributed by atoms with Gasteiger partial charge in [0.15, 0.2) is 0 Å². The van der Waals surface area contributed by atoms with Gasteiger partial charge in [0.2, 0.25) is 0 Å². The third-order valence-electron chi connectivity index (χ3n) is 2.09. The summed E-state index contributed by atoms with van der Waals surface area (Å²) in [7, 11) is 0. The Labute approximate surface area is 114 Å². The fraction of sp³-hybridized carbons (Fsp3) is 0.300. The topological polar surface area (TPSA) is 63.9 Å². The Morgan fingerprint density at radius 1 is 1.40 bits per heavy atom. The van der Waals surface area contributed by atoms with Crippen LogP contribution in [0.3, 0.4) is 0 Å². The van der Waals surface area contributed by atoms with Crippen LogP contribution in [0.1, 0.15) is 22.3 Å². The predicted octanol–water partition coefficient (Wildman–Crippen LogP) is -1.44. The Balaban J connectivity index is 0.00000196. The van der Waals surface area contributed by atoms with E-state index in [0.717, 1.165) is 16.7 Å². The van der Waals surface area contributed by atoms with Gasteiger partial charge in [0.25, 0.3) is 0 Å². The zero-order chi connectivity index (χ0) is 10.7. The van der Waals surface area contributed by atoms with Gasteiger partial charge in [0.05, 0.1) is 11.6 Å². The van der Waals surface area contributed by atoms with Crippen LogP contribution in [0, 0.1) is 25.2 Å². The first-order valence-corrected chi connectivity index (χ1v) is 5.35. The molecule has 1 unspecified atom stereocenters. The van der Waals surface area contributed by atoms with E-state index in [1.807, 2.05) is 19.9 Å². The van der Waals surface area contributed by atoms with Crippen molar-refractivity contribution in [1.82, 2.24) is 0 Å². The Hall–Kier alpha value is -0.180. The summed E-state index contributed by atoms with van der Waals surface area (Å²) in [6.07, 6.45) is 0. The molecule has 0 aliphatic heterocycles. The Morgan fingerprint density at radius 3 is 2.20 bits per heavy atom. The summed E-state index contributed by atoms with van der Waals surface area (Å²) >= 11 is -2.08. The molecule has 5 heteroatoms. The van der Waals surface area contributed by atoms with Crippen molar-refractivity contribution in [1.29, 1.82) is 5.26 Å². The molecule has 3 nitrogen and oxygen atoms in total. The summed E-state index contributed by atoms with van der Waals surface area (Å²) in [5, 5.41) is 8.69. The van der Waals surface area contributed by atoms with Crippen molar-refractivity contribution in [3.63, 3.8) is 0 Å². The minimum Gasteiger partial charge on any atom is -0.772 e. The number of aryl methyl sites for hydroxylation is 2. The summed E-state index contributed by atoms with van der Waals surface area (Å²) in [5.41, 5.74) is 3.06. The fourth-order valence-corrected chi connectivity index (χ4v) is 2.09. The third-order valence-corrected chi connectivity index (χ3v) is 2.61. The third kappa shape index (κ3) is 4.06. The van der Waals surface area contributed by atoms with E-state index >= 15 is 0 Å². The average Bonchev–Trinajstić information content (AvgIpc) is 2.10. The van der Waals surface area contributed by atoms with Crippen molar-refractivity contribution in [3.8, 4) is 6.07 Å². The van der Waals surface area contributed by atoms with Crippen LogP contribution >= 0.6 is 0 Å². The molecule has 0 aromatic heterocycles. The summed E-state index contributed by atoms with van der Waals surface area (Å²) < 4.78 is 21.1. The van der Waals surface area contributed by atoms with Gasteiger partial charge in [0.1, 0.15) is 0 Å². The van der Waals surface area contributed by atoms with E-state index in [4.69, 9.17) is 5.26 Å². The molecule has 1 rings (SSSR count). The summed E-state index contributed by atoms with van der Waals surface area (Å²) in [4.78, 5) is 0. The van der Waals surface area contributed by atoms with Crippen LogP contribution in [0.4, 0.5) is 0 Å². The van der Waals surface area contributed by atoms with Gasteiger partial charge in [-0.05, 0) is 42.7 Å². The molecule has 15 heavy (non-hydrogen) atoms. The maximum absolute atomic E-state index is 10.6. The summed E-state index contributed by atoms with van der Waals surface area (Å²) in [6.45, 7) is 3.63. The largest absolute Gasteiger partial charge is 1.00 e. The SMILES string of the molecule is Cc1cc(C#N)cc(C)c1CS(=O)[O-].[Na+]. The molecule has 0 aliphatic rings. The molecule has 0 heterocycles. The Morgan fingerprint density at radius 2 is 1.87 bits per heavy atom. The zero-order valence-electron chi connectivity index (χ0n) is 9.03. The van der Waals surface area contributed by atoms with Gasteiger partial charge >= 0.3 is 29.6 Å². The quantitative estimate of drug-likeness (QED) is 0.462. The average molecular weight is 231 g/mol. The summed E-state index contributed by atoms with van der Waals surface area (Å²) in [6, 6.07) is 5.44. The maximum atomic E-state index is 10.6. The van der Waals surface area contributed by atoms with Gasteiger partial charge in [-0.2, -0.15) is 5.26 Å². The van der Waals surface area contributed by atoms with E-state index in [1.54, 1.807) is 12.1 Å². The van der Waals surface area contributed by atoms with Crippen LogP contribution in [-0.2, 0) is 16.8 Å². The van der Waals surface area contributed by atoms with E-state index in [1.165, 1.54) is 0 Å². The maximum Gasteiger partial charge on any atom is 1.00 e. The van der Waals surface area contributed by atoms with Gasteiger partial charge in [-0.25, -0.2) is 0 Å². The van der Waals surface area contributed by atoms with Crippen LogP contribution in [0.15, 0.2) is 12.1 Å². The predicted molar refractivity (Wildman–Crippen MR) is 53.3 cm³/mol.